The Hall–Kier alpha value is -1.32. The molecule has 0 aliphatic carbocycles. The fraction of sp³-hybridized carbons (Fsp3) is 0.0714. The number of hydrogen-bond acceptors (Lipinski definition) is 1. The number of nitrogens with one attached hydrogen (secondary N) is 1. The summed E-state index contributed by atoms with van der Waals surface area (Å²) >= 11 is 9.28. The molecule has 0 radical (unpaired) electrons. The lowest BCUT2D eigenvalue weighted by atomic mass is 10.2. The van der Waals surface area contributed by atoms with Crippen molar-refractivity contribution in [3.05, 3.63) is 63.1 Å². The van der Waals surface area contributed by atoms with Gasteiger partial charge in [0.05, 0.1) is 5.69 Å². The third kappa shape index (κ3) is 3.12. The van der Waals surface area contributed by atoms with Crippen molar-refractivity contribution in [1.29, 1.82) is 0 Å². The summed E-state index contributed by atoms with van der Waals surface area (Å²) < 4.78 is 0.859. The zero-order valence-electron chi connectivity index (χ0n) is 9.71. The highest BCUT2D eigenvalue weighted by atomic mass is 79.9. The zero-order chi connectivity index (χ0) is 13.1. The predicted molar refractivity (Wildman–Crippen MR) is 78.3 cm³/mol. The van der Waals surface area contributed by atoms with Crippen LogP contribution in [0.2, 0.25) is 5.02 Å². The Balaban J connectivity index is 2.21. The van der Waals surface area contributed by atoms with Crippen LogP contribution < -0.4 is 5.32 Å². The maximum absolute atomic E-state index is 12.0. The van der Waals surface area contributed by atoms with Crippen molar-refractivity contribution in [3.8, 4) is 0 Å². The maximum atomic E-state index is 12.0. The number of benzene rings is 2. The normalized spacial score (nSPS) is 10.2. The van der Waals surface area contributed by atoms with Crippen LogP contribution in [0.5, 0.6) is 0 Å². The Bertz CT molecular complexity index is 598. The van der Waals surface area contributed by atoms with E-state index in [0.29, 0.717) is 10.6 Å². The molecule has 0 saturated heterocycles. The van der Waals surface area contributed by atoms with E-state index >= 15 is 0 Å². The fourth-order valence-electron chi connectivity index (χ4n) is 1.55. The van der Waals surface area contributed by atoms with Gasteiger partial charge in [-0.15, -0.1) is 0 Å². The van der Waals surface area contributed by atoms with Gasteiger partial charge in [0.1, 0.15) is 0 Å². The molecule has 4 heteroatoms. The van der Waals surface area contributed by atoms with Crippen LogP contribution in [0, 0.1) is 6.92 Å². The summed E-state index contributed by atoms with van der Waals surface area (Å²) in [5, 5.41) is 3.38. The second-order valence-electron chi connectivity index (χ2n) is 3.95. The lowest BCUT2D eigenvalue weighted by Crippen LogP contribution is -2.12. The van der Waals surface area contributed by atoms with Gasteiger partial charge in [-0.3, -0.25) is 4.79 Å². The van der Waals surface area contributed by atoms with Crippen molar-refractivity contribution < 1.29 is 4.79 Å². The lowest BCUT2D eigenvalue weighted by molar-refractivity contribution is 0.102. The average molecular weight is 325 g/mol. The van der Waals surface area contributed by atoms with Crippen LogP contribution in [0.1, 0.15) is 15.9 Å². The van der Waals surface area contributed by atoms with Crippen LogP contribution in [0.3, 0.4) is 0 Å². The summed E-state index contributed by atoms with van der Waals surface area (Å²) in [7, 11) is 0. The molecule has 0 spiro atoms. The van der Waals surface area contributed by atoms with Gasteiger partial charge in [-0.1, -0.05) is 23.7 Å². The van der Waals surface area contributed by atoms with E-state index < -0.39 is 0 Å². The second kappa shape index (κ2) is 5.55. The van der Waals surface area contributed by atoms with Crippen molar-refractivity contribution in [3.63, 3.8) is 0 Å². The number of amides is 1. The van der Waals surface area contributed by atoms with Gasteiger partial charge in [0.2, 0.25) is 0 Å². The van der Waals surface area contributed by atoms with Gasteiger partial charge < -0.3 is 5.32 Å². The third-order valence-electron chi connectivity index (χ3n) is 2.46. The topological polar surface area (TPSA) is 29.1 Å². The number of halogens is 2. The van der Waals surface area contributed by atoms with E-state index in [1.54, 1.807) is 24.3 Å². The van der Waals surface area contributed by atoms with Crippen LogP contribution in [0.25, 0.3) is 0 Å². The fourth-order valence-corrected chi connectivity index (χ4v) is 2.33. The van der Waals surface area contributed by atoms with E-state index in [2.05, 4.69) is 21.2 Å². The highest BCUT2D eigenvalue weighted by molar-refractivity contribution is 9.10. The van der Waals surface area contributed by atoms with Gasteiger partial charge in [0, 0.05) is 15.1 Å². The molecule has 0 unspecified atom stereocenters. The Kier molecular flexibility index (Phi) is 4.04. The van der Waals surface area contributed by atoms with E-state index in [4.69, 9.17) is 11.6 Å². The first-order valence-electron chi connectivity index (χ1n) is 5.39. The van der Waals surface area contributed by atoms with Crippen LogP contribution in [0.15, 0.2) is 46.9 Å². The number of carbonyl (C=O) groups is 1. The zero-order valence-corrected chi connectivity index (χ0v) is 12.0. The predicted octanol–water partition coefficient (Wildman–Crippen LogP) is 4.66. The molecule has 0 heterocycles. The monoisotopic (exact) mass is 323 g/mol. The van der Waals surface area contributed by atoms with Gasteiger partial charge in [0.25, 0.3) is 5.91 Å². The summed E-state index contributed by atoms with van der Waals surface area (Å²) in [5.41, 5.74) is 2.41. The molecule has 2 aromatic carbocycles. The van der Waals surface area contributed by atoms with Crippen molar-refractivity contribution >= 4 is 39.1 Å². The first-order chi connectivity index (χ1) is 8.56. The number of anilines is 1. The minimum Gasteiger partial charge on any atom is -0.321 e. The smallest absolute Gasteiger partial charge is 0.255 e. The van der Waals surface area contributed by atoms with Gasteiger partial charge in [0.15, 0.2) is 0 Å². The molecule has 0 aromatic heterocycles. The Morgan fingerprint density at radius 3 is 2.67 bits per heavy atom. The van der Waals surface area contributed by atoms with E-state index in [1.807, 2.05) is 25.1 Å². The molecular weight excluding hydrogens is 314 g/mol. The molecule has 1 amide bonds. The quantitative estimate of drug-likeness (QED) is 0.855. The summed E-state index contributed by atoms with van der Waals surface area (Å²) in [6.07, 6.45) is 0. The molecule has 0 bridgehead atoms. The van der Waals surface area contributed by atoms with Crippen LogP contribution in [-0.2, 0) is 0 Å². The molecule has 0 fully saturated rings. The Morgan fingerprint density at radius 2 is 2.00 bits per heavy atom. The van der Waals surface area contributed by atoms with Crippen molar-refractivity contribution in [2.45, 2.75) is 6.92 Å². The van der Waals surface area contributed by atoms with Gasteiger partial charge >= 0.3 is 0 Å². The van der Waals surface area contributed by atoms with Crippen molar-refractivity contribution in [1.82, 2.24) is 0 Å². The molecule has 2 aromatic rings. The minimum atomic E-state index is -0.179. The van der Waals surface area contributed by atoms with E-state index in [0.717, 1.165) is 15.7 Å². The van der Waals surface area contributed by atoms with Crippen LogP contribution in [-0.4, -0.2) is 5.91 Å². The average Bonchev–Trinajstić information content (AvgIpc) is 2.32. The lowest BCUT2D eigenvalue weighted by Gasteiger charge is -2.08. The molecule has 0 aliphatic heterocycles. The van der Waals surface area contributed by atoms with Crippen molar-refractivity contribution in [2.24, 2.45) is 0 Å². The Morgan fingerprint density at radius 1 is 1.22 bits per heavy atom. The highest BCUT2D eigenvalue weighted by Gasteiger charge is 2.08. The largest absolute Gasteiger partial charge is 0.321 e. The van der Waals surface area contributed by atoms with E-state index in [9.17, 15) is 4.79 Å². The number of aryl methyl sites for hydroxylation is 1. The third-order valence-corrected chi connectivity index (χ3v) is 3.35. The summed E-state index contributed by atoms with van der Waals surface area (Å²) in [4.78, 5) is 12.0. The van der Waals surface area contributed by atoms with Crippen molar-refractivity contribution in [2.75, 3.05) is 5.32 Å². The molecule has 0 saturated carbocycles. The van der Waals surface area contributed by atoms with Crippen LogP contribution >= 0.6 is 27.5 Å². The molecule has 1 N–H and O–H groups in total. The highest BCUT2D eigenvalue weighted by Crippen LogP contribution is 2.24. The molecule has 0 atom stereocenters. The summed E-state index contributed by atoms with van der Waals surface area (Å²) in [6, 6.07) is 12.6. The van der Waals surface area contributed by atoms with Gasteiger partial charge in [-0.05, 0) is 58.7 Å². The molecule has 92 valence electrons. The first-order valence-corrected chi connectivity index (χ1v) is 6.56. The molecular formula is C14H11BrClNO. The van der Waals surface area contributed by atoms with Gasteiger partial charge in [-0.25, -0.2) is 0 Å². The van der Waals surface area contributed by atoms with Crippen LogP contribution in [0.4, 0.5) is 5.69 Å². The second-order valence-corrected chi connectivity index (χ2v) is 5.24. The first kappa shape index (κ1) is 13.1. The van der Waals surface area contributed by atoms with Gasteiger partial charge in [-0.2, -0.15) is 0 Å². The number of rotatable bonds is 2. The maximum Gasteiger partial charge on any atom is 0.255 e. The standard InChI is InChI=1S/C14H11BrClNO/c1-9-5-6-13(12(15)7-9)17-14(18)10-3-2-4-11(16)8-10/h2-8H,1H3,(H,17,18). The molecule has 2 rings (SSSR count). The number of hydrogen-bond donors (Lipinski definition) is 1. The summed E-state index contributed by atoms with van der Waals surface area (Å²) in [6.45, 7) is 1.99. The molecule has 18 heavy (non-hydrogen) atoms. The SMILES string of the molecule is Cc1ccc(NC(=O)c2cccc(Cl)c2)c(Br)c1. The Labute approximate surface area is 119 Å². The summed E-state index contributed by atoms with van der Waals surface area (Å²) in [5.74, 6) is -0.179. The molecule has 2 nitrogen and oxygen atoms in total. The van der Waals surface area contributed by atoms with E-state index in [1.165, 1.54) is 0 Å². The number of carbonyl (C=O) groups excluding carboxylic acids is 1. The minimum absolute atomic E-state index is 0.179. The van der Waals surface area contributed by atoms with E-state index in [-0.39, 0.29) is 5.91 Å². The molecule has 0 aliphatic rings.